The Morgan fingerprint density at radius 1 is 0.729 bits per heavy atom. The predicted octanol–water partition coefficient (Wildman–Crippen LogP) is 5.69. The van der Waals surface area contributed by atoms with Gasteiger partial charge in [-0.05, 0) is 52.9 Å². The third-order valence-corrected chi connectivity index (χ3v) is 8.44. The quantitative estimate of drug-likeness (QED) is 0.0671. The van der Waals surface area contributed by atoms with Crippen LogP contribution in [-0.2, 0) is 22.6 Å². The van der Waals surface area contributed by atoms with Gasteiger partial charge in [0.1, 0.15) is 11.6 Å². The van der Waals surface area contributed by atoms with E-state index >= 15 is 0 Å². The summed E-state index contributed by atoms with van der Waals surface area (Å²) in [6.07, 6.45) is -0.215. The van der Waals surface area contributed by atoms with E-state index in [9.17, 15) is 36.7 Å². The molecule has 0 radical (unpaired) electrons. The molecule has 6 rings (SSSR count). The lowest BCUT2D eigenvalue weighted by Crippen LogP contribution is -2.51. The molecular formula is C37H29F4N3O4. The van der Waals surface area contributed by atoms with Crippen LogP contribution in [0.3, 0.4) is 0 Å². The van der Waals surface area contributed by atoms with Gasteiger partial charge >= 0.3 is 0 Å². The highest BCUT2D eigenvalue weighted by Crippen LogP contribution is 2.27. The van der Waals surface area contributed by atoms with Crippen molar-refractivity contribution in [2.24, 2.45) is 0 Å². The largest absolute Gasteiger partial charge is 0.367 e. The molecule has 5 aromatic rings. The second-order valence-electron chi connectivity index (χ2n) is 11.6. The minimum atomic E-state index is -1.42. The first-order valence-corrected chi connectivity index (χ1v) is 15.3. The zero-order valence-corrected chi connectivity index (χ0v) is 25.6. The van der Waals surface area contributed by atoms with Gasteiger partial charge in [0, 0.05) is 55.4 Å². The fourth-order valence-electron chi connectivity index (χ4n) is 6.01. The summed E-state index contributed by atoms with van der Waals surface area (Å²) in [4.78, 5) is 56.5. The molecule has 0 aliphatic carbocycles. The lowest BCUT2D eigenvalue weighted by Gasteiger charge is -2.36. The fourth-order valence-corrected chi connectivity index (χ4v) is 6.01. The van der Waals surface area contributed by atoms with E-state index in [1.807, 2.05) is 42.5 Å². The zero-order valence-electron chi connectivity index (χ0n) is 25.6. The van der Waals surface area contributed by atoms with Crippen molar-refractivity contribution in [1.82, 2.24) is 9.47 Å². The van der Waals surface area contributed by atoms with Gasteiger partial charge in [0.15, 0.2) is 17.4 Å². The van der Waals surface area contributed by atoms with Crippen molar-refractivity contribution < 1.29 is 31.9 Å². The second-order valence-corrected chi connectivity index (χ2v) is 11.6. The van der Waals surface area contributed by atoms with Crippen molar-refractivity contribution in [3.05, 3.63) is 147 Å². The summed E-state index contributed by atoms with van der Waals surface area (Å²) in [6, 6.07) is 21.7. The first kappa shape index (κ1) is 32.4. The minimum Gasteiger partial charge on any atom is -0.367 e. The van der Waals surface area contributed by atoms with Gasteiger partial charge in [-0.1, -0.05) is 48.5 Å². The number of carbonyl (C=O) groups excluding carboxylic acids is 3. The summed E-state index contributed by atoms with van der Waals surface area (Å²) in [5.74, 6) is -7.15. The Kier molecular flexibility index (Phi) is 9.20. The number of fused-ring (bicyclic) bond motifs is 1. The van der Waals surface area contributed by atoms with Crippen molar-refractivity contribution >= 4 is 33.9 Å². The van der Waals surface area contributed by atoms with E-state index in [1.54, 1.807) is 0 Å². The van der Waals surface area contributed by atoms with Crippen LogP contribution < -0.4 is 10.5 Å². The number of rotatable bonds is 9. The number of piperazine rings is 1. The van der Waals surface area contributed by atoms with Crippen LogP contribution in [-0.4, -0.2) is 53.1 Å². The topological polar surface area (TPSA) is 79.7 Å². The number of benzene rings is 4. The molecule has 1 saturated heterocycles. The van der Waals surface area contributed by atoms with Crippen LogP contribution in [0.5, 0.6) is 0 Å². The normalized spacial score (nSPS) is 13.2. The number of hydrogen-bond donors (Lipinski definition) is 0. The number of nitrogens with zero attached hydrogens (tertiary/aromatic N) is 3. The number of amides is 1. The smallest absolute Gasteiger partial charge is 0.290 e. The Hall–Kier alpha value is -5.58. The molecule has 0 unspecified atom stereocenters. The number of hydrogen-bond acceptors (Lipinski definition) is 5. The molecule has 48 heavy (non-hydrogen) atoms. The molecule has 2 heterocycles. The fraction of sp³-hybridized carbons (Fsp3) is 0.189. The maximum absolute atomic E-state index is 14.5. The number of anilines is 1. The van der Waals surface area contributed by atoms with E-state index in [4.69, 9.17) is 0 Å². The molecule has 11 heteroatoms. The maximum atomic E-state index is 14.5. The number of carbonyl (C=O) groups is 3. The molecule has 0 N–H and O–H groups in total. The number of pyridine rings is 1. The molecule has 0 spiro atoms. The molecule has 1 fully saturated rings. The lowest BCUT2D eigenvalue weighted by molar-refractivity contribution is -0.144. The van der Waals surface area contributed by atoms with Gasteiger partial charge in [-0.15, -0.1) is 0 Å². The van der Waals surface area contributed by atoms with Crippen molar-refractivity contribution in [1.29, 1.82) is 0 Å². The molecule has 1 aliphatic rings. The van der Waals surface area contributed by atoms with Crippen LogP contribution in [0.15, 0.2) is 95.9 Å². The van der Waals surface area contributed by atoms with Crippen molar-refractivity contribution in [2.45, 2.75) is 19.4 Å². The molecule has 1 amide bonds. The van der Waals surface area contributed by atoms with Gasteiger partial charge in [-0.25, -0.2) is 17.6 Å². The highest BCUT2D eigenvalue weighted by atomic mass is 19.2. The van der Waals surface area contributed by atoms with Crippen LogP contribution in [0.25, 0.3) is 10.8 Å². The first-order valence-electron chi connectivity index (χ1n) is 15.3. The average Bonchev–Trinajstić information content (AvgIpc) is 3.09. The van der Waals surface area contributed by atoms with Crippen LogP contribution in [0.1, 0.15) is 33.5 Å². The van der Waals surface area contributed by atoms with E-state index in [1.165, 1.54) is 35.4 Å². The number of ketones is 2. The summed E-state index contributed by atoms with van der Waals surface area (Å²) >= 11 is 0. The van der Waals surface area contributed by atoms with E-state index in [0.29, 0.717) is 24.7 Å². The predicted molar refractivity (Wildman–Crippen MR) is 172 cm³/mol. The Morgan fingerprint density at radius 2 is 1.44 bits per heavy atom. The third-order valence-electron chi connectivity index (χ3n) is 8.44. The van der Waals surface area contributed by atoms with E-state index in [0.717, 1.165) is 33.2 Å². The standard InChI is InChI=1S/C37H29F4N3O4/c38-26-8-3-5-23(17-26)21-44-22-24(18-28-30(39)11-12-31(40)35(28)41)19-29(36(44)47)33(45)20-34(46)37(48)43-15-13-42(14-16-43)32-10-4-7-25-6-1-2-9-27(25)32/h1-12,17,19,22H,13-16,18,20-21H2. The van der Waals surface area contributed by atoms with Gasteiger partial charge < -0.3 is 14.4 Å². The van der Waals surface area contributed by atoms with E-state index in [2.05, 4.69) is 4.90 Å². The summed E-state index contributed by atoms with van der Waals surface area (Å²) < 4.78 is 57.9. The van der Waals surface area contributed by atoms with Gasteiger partial charge in [0.2, 0.25) is 5.78 Å². The third kappa shape index (κ3) is 6.76. The maximum Gasteiger partial charge on any atom is 0.290 e. The van der Waals surface area contributed by atoms with E-state index in [-0.39, 0.29) is 25.2 Å². The van der Waals surface area contributed by atoms with Crippen molar-refractivity contribution in [3.8, 4) is 0 Å². The van der Waals surface area contributed by atoms with Crippen LogP contribution in [0.4, 0.5) is 23.2 Å². The van der Waals surface area contributed by atoms with Gasteiger partial charge in [0.25, 0.3) is 11.5 Å². The Labute approximate surface area is 272 Å². The molecule has 0 saturated carbocycles. The Balaban J connectivity index is 1.21. The number of aromatic nitrogens is 1. The van der Waals surface area contributed by atoms with Crippen molar-refractivity contribution in [3.63, 3.8) is 0 Å². The minimum absolute atomic E-state index is 0.0566. The molecule has 0 atom stereocenters. The van der Waals surface area contributed by atoms with Gasteiger partial charge in [0.05, 0.1) is 18.5 Å². The number of halogens is 4. The molecule has 0 bridgehead atoms. The second kappa shape index (κ2) is 13.6. The van der Waals surface area contributed by atoms with E-state index < -0.39 is 70.3 Å². The average molecular weight is 656 g/mol. The lowest BCUT2D eigenvalue weighted by atomic mass is 10.00. The summed E-state index contributed by atoms with van der Waals surface area (Å²) in [6.45, 7) is 1.18. The van der Waals surface area contributed by atoms with Gasteiger partial charge in [-0.2, -0.15) is 0 Å². The molecule has 1 aliphatic heterocycles. The van der Waals surface area contributed by atoms with Crippen LogP contribution in [0, 0.1) is 23.3 Å². The van der Waals surface area contributed by atoms with Crippen LogP contribution in [0.2, 0.25) is 0 Å². The Morgan fingerprint density at radius 3 is 2.21 bits per heavy atom. The van der Waals surface area contributed by atoms with Crippen LogP contribution >= 0.6 is 0 Å². The highest BCUT2D eigenvalue weighted by molar-refractivity contribution is 6.40. The summed E-state index contributed by atoms with van der Waals surface area (Å²) in [7, 11) is 0. The zero-order chi connectivity index (χ0) is 33.9. The molecule has 4 aromatic carbocycles. The monoisotopic (exact) mass is 655 g/mol. The molecule has 244 valence electrons. The van der Waals surface area contributed by atoms with Gasteiger partial charge in [-0.3, -0.25) is 19.2 Å². The first-order chi connectivity index (χ1) is 23.1. The summed E-state index contributed by atoms with van der Waals surface area (Å²) in [5, 5.41) is 2.14. The van der Waals surface area contributed by atoms with Crippen molar-refractivity contribution in [2.75, 3.05) is 31.1 Å². The Bertz CT molecular complexity index is 2120. The highest BCUT2D eigenvalue weighted by Gasteiger charge is 2.29. The number of Topliss-reactive ketones (excluding diaryl/α,β-unsaturated/α-hetero) is 2. The summed E-state index contributed by atoms with van der Waals surface area (Å²) in [5.41, 5.74) is -0.557. The molecular weight excluding hydrogens is 626 g/mol. The molecule has 1 aromatic heterocycles. The molecule has 7 nitrogen and oxygen atoms in total. The SMILES string of the molecule is O=C(CC(=O)c1cc(Cc2c(F)ccc(F)c2F)cn(Cc2cccc(F)c2)c1=O)C(=O)N1CCN(c2cccc3ccccc23)CC1.